The number of carbonyl (C=O) groups excluding carboxylic acids is 1. The van der Waals surface area contributed by atoms with Crippen LogP contribution in [0.25, 0.3) is 0 Å². The molecule has 0 aliphatic rings. The third-order valence-corrected chi connectivity index (χ3v) is 2.80. The molecule has 2 aromatic rings. The number of anilines is 2. The second-order valence-electron chi connectivity index (χ2n) is 4.40. The lowest BCUT2D eigenvalue weighted by Gasteiger charge is -2.04. The van der Waals surface area contributed by atoms with Crippen LogP contribution in [0.3, 0.4) is 0 Å². The first-order chi connectivity index (χ1) is 10.2. The summed E-state index contributed by atoms with van der Waals surface area (Å²) in [6, 6.07) is 3.51. The Kier molecular flexibility index (Phi) is 5.28. The molecule has 7 heteroatoms. The van der Waals surface area contributed by atoms with E-state index in [-0.39, 0.29) is 5.91 Å². The zero-order chi connectivity index (χ0) is 15.1. The monoisotopic (exact) mass is 289 g/mol. The first-order valence-corrected chi connectivity index (χ1v) is 6.75. The number of hydrogen-bond acceptors (Lipinski definition) is 5. The Balaban J connectivity index is 1.95. The molecule has 0 radical (unpaired) electrons. The fourth-order valence-corrected chi connectivity index (χ4v) is 1.75. The normalized spacial score (nSPS) is 10.4. The van der Waals surface area contributed by atoms with Crippen molar-refractivity contribution in [1.82, 2.24) is 14.8 Å². The van der Waals surface area contributed by atoms with E-state index in [1.807, 2.05) is 6.92 Å². The van der Waals surface area contributed by atoms with Gasteiger partial charge in [0, 0.05) is 26.0 Å². The van der Waals surface area contributed by atoms with E-state index in [1.165, 1.54) is 0 Å². The van der Waals surface area contributed by atoms with Crippen molar-refractivity contribution in [3.8, 4) is 0 Å². The standard InChI is InChI=1S/C14H19N5O2/c1-3-15-13-5-4-11(8-16-13)14(20)18-12-9-17-19(10-12)6-7-21-2/h4-5,8-10H,3,6-7H2,1-2H3,(H,15,16)(H,18,20). The van der Waals surface area contributed by atoms with Crippen LogP contribution in [0.5, 0.6) is 0 Å². The summed E-state index contributed by atoms with van der Waals surface area (Å²) in [7, 11) is 1.64. The zero-order valence-corrected chi connectivity index (χ0v) is 12.2. The first kappa shape index (κ1) is 15.0. The van der Waals surface area contributed by atoms with Gasteiger partial charge in [0.05, 0.1) is 30.6 Å². The third-order valence-electron chi connectivity index (χ3n) is 2.80. The van der Waals surface area contributed by atoms with Gasteiger partial charge in [0.15, 0.2) is 0 Å². The Morgan fingerprint density at radius 3 is 2.90 bits per heavy atom. The molecule has 0 fully saturated rings. The minimum absolute atomic E-state index is 0.211. The predicted octanol–water partition coefficient (Wildman–Crippen LogP) is 1.61. The molecular formula is C14H19N5O2. The number of nitrogens with zero attached hydrogens (tertiary/aromatic N) is 3. The van der Waals surface area contributed by atoms with Crippen molar-refractivity contribution in [3.05, 3.63) is 36.3 Å². The molecule has 1 amide bonds. The van der Waals surface area contributed by atoms with Crippen molar-refractivity contribution in [2.24, 2.45) is 0 Å². The molecule has 0 atom stereocenters. The summed E-state index contributed by atoms with van der Waals surface area (Å²) in [6.07, 6.45) is 4.91. The SMILES string of the molecule is CCNc1ccc(C(=O)Nc2cnn(CCOC)c2)cn1. The smallest absolute Gasteiger partial charge is 0.257 e. The molecule has 2 aromatic heterocycles. The van der Waals surface area contributed by atoms with E-state index in [1.54, 1.807) is 42.5 Å². The number of nitrogens with one attached hydrogen (secondary N) is 2. The highest BCUT2D eigenvalue weighted by Gasteiger charge is 2.08. The van der Waals surface area contributed by atoms with Crippen molar-refractivity contribution in [3.63, 3.8) is 0 Å². The Morgan fingerprint density at radius 2 is 2.24 bits per heavy atom. The van der Waals surface area contributed by atoms with E-state index in [0.29, 0.717) is 24.4 Å². The molecule has 7 nitrogen and oxygen atoms in total. The van der Waals surface area contributed by atoms with E-state index < -0.39 is 0 Å². The summed E-state index contributed by atoms with van der Waals surface area (Å²) < 4.78 is 6.69. The summed E-state index contributed by atoms with van der Waals surface area (Å²) in [5, 5.41) is 10.00. The topological polar surface area (TPSA) is 81.1 Å². The van der Waals surface area contributed by atoms with E-state index in [9.17, 15) is 4.79 Å². The van der Waals surface area contributed by atoms with Crippen LogP contribution in [-0.2, 0) is 11.3 Å². The maximum Gasteiger partial charge on any atom is 0.257 e. The molecule has 0 saturated carbocycles. The molecule has 0 saturated heterocycles. The van der Waals surface area contributed by atoms with Gasteiger partial charge in [-0.1, -0.05) is 0 Å². The molecule has 0 bridgehead atoms. The van der Waals surface area contributed by atoms with Crippen LogP contribution < -0.4 is 10.6 Å². The predicted molar refractivity (Wildman–Crippen MR) is 80.5 cm³/mol. The van der Waals surface area contributed by atoms with Gasteiger partial charge in [-0.15, -0.1) is 0 Å². The molecule has 0 spiro atoms. The highest BCUT2D eigenvalue weighted by atomic mass is 16.5. The highest BCUT2D eigenvalue weighted by molar-refractivity contribution is 6.04. The number of rotatable bonds is 7. The maximum absolute atomic E-state index is 12.1. The largest absolute Gasteiger partial charge is 0.383 e. The van der Waals surface area contributed by atoms with Gasteiger partial charge in [-0.2, -0.15) is 5.10 Å². The Morgan fingerprint density at radius 1 is 1.38 bits per heavy atom. The van der Waals surface area contributed by atoms with E-state index >= 15 is 0 Å². The molecule has 2 N–H and O–H groups in total. The number of methoxy groups -OCH3 is 1. The van der Waals surface area contributed by atoms with Crippen molar-refractivity contribution in [2.75, 3.05) is 30.9 Å². The second kappa shape index (κ2) is 7.39. The van der Waals surface area contributed by atoms with Crippen molar-refractivity contribution >= 4 is 17.4 Å². The van der Waals surface area contributed by atoms with E-state index in [2.05, 4.69) is 20.7 Å². The molecule has 2 rings (SSSR count). The molecule has 0 unspecified atom stereocenters. The van der Waals surface area contributed by atoms with Crippen LogP contribution in [0.4, 0.5) is 11.5 Å². The van der Waals surface area contributed by atoms with Gasteiger partial charge in [-0.05, 0) is 19.1 Å². The maximum atomic E-state index is 12.1. The molecule has 112 valence electrons. The van der Waals surface area contributed by atoms with Gasteiger partial charge >= 0.3 is 0 Å². The summed E-state index contributed by atoms with van der Waals surface area (Å²) in [6.45, 7) is 4.00. The summed E-state index contributed by atoms with van der Waals surface area (Å²) >= 11 is 0. The fraction of sp³-hybridized carbons (Fsp3) is 0.357. The van der Waals surface area contributed by atoms with Crippen molar-refractivity contribution in [1.29, 1.82) is 0 Å². The minimum Gasteiger partial charge on any atom is -0.383 e. The summed E-state index contributed by atoms with van der Waals surface area (Å²) in [5.74, 6) is 0.540. The molecule has 21 heavy (non-hydrogen) atoms. The lowest BCUT2D eigenvalue weighted by atomic mass is 10.2. The Bertz CT molecular complexity index is 579. The van der Waals surface area contributed by atoms with Gasteiger partial charge in [0.25, 0.3) is 5.91 Å². The molecule has 2 heterocycles. The van der Waals surface area contributed by atoms with Crippen LogP contribution in [0.15, 0.2) is 30.7 Å². The lowest BCUT2D eigenvalue weighted by Crippen LogP contribution is -2.12. The fourth-order valence-electron chi connectivity index (χ4n) is 1.75. The molecule has 0 aromatic carbocycles. The van der Waals surface area contributed by atoms with Crippen molar-refractivity contribution in [2.45, 2.75) is 13.5 Å². The average molecular weight is 289 g/mol. The lowest BCUT2D eigenvalue weighted by molar-refractivity contribution is 0.102. The van der Waals surface area contributed by atoms with Crippen LogP contribution >= 0.6 is 0 Å². The average Bonchev–Trinajstić information content (AvgIpc) is 2.93. The van der Waals surface area contributed by atoms with Gasteiger partial charge in [-0.3, -0.25) is 9.48 Å². The molecular weight excluding hydrogens is 270 g/mol. The van der Waals surface area contributed by atoms with Crippen LogP contribution in [-0.4, -0.2) is 40.9 Å². The van der Waals surface area contributed by atoms with Gasteiger partial charge in [-0.25, -0.2) is 4.98 Å². The summed E-state index contributed by atoms with van der Waals surface area (Å²) in [5.41, 5.74) is 1.15. The third kappa shape index (κ3) is 4.28. The summed E-state index contributed by atoms with van der Waals surface area (Å²) in [4.78, 5) is 16.2. The van der Waals surface area contributed by atoms with Crippen LogP contribution in [0.2, 0.25) is 0 Å². The Hall–Kier alpha value is -2.41. The first-order valence-electron chi connectivity index (χ1n) is 6.75. The second-order valence-corrected chi connectivity index (χ2v) is 4.40. The number of carbonyl (C=O) groups is 1. The number of amides is 1. The number of pyridine rings is 1. The van der Waals surface area contributed by atoms with Crippen LogP contribution in [0.1, 0.15) is 17.3 Å². The minimum atomic E-state index is -0.211. The van der Waals surface area contributed by atoms with E-state index in [4.69, 9.17) is 4.74 Å². The van der Waals surface area contributed by atoms with E-state index in [0.717, 1.165) is 12.4 Å². The van der Waals surface area contributed by atoms with Gasteiger partial charge < -0.3 is 15.4 Å². The Labute approximate surface area is 123 Å². The van der Waals surface area contributed by atoms with Crippen molar-refractivity contribution < 1.29 is 9.53 Å². The zero-order valence-electron chi connectivity index (χ0n) is 12.2. The van der Waals surface area contributed by atoms with Gasteiger partial charge in [0.1, 0.15) is 5.82 Å². The number of ether oxygens (including phenoxy) is 1. The van der Waals surface area contributed by atoms with Crippen LogP contribution in [0, 0.1) is 0 Å². The number of aromatic nitrogens is 3. The molecule has 0 aliphatic heterocycles. The highest BCUT2D eigenvalue weighted by Crippen LogP contribution is 2.09. The van der Waals surface area contributed by atoms with Gasteiger partial charge in [0.2, 0.25) is 0 Å². The number of hydrogen-bond donors (Lipinski definition) is 2. The quantitative estimate of drug-likeness (QED) is 0.809. The molecule has 0 aliphatic carbocycles.